The van der Waals surface area contributed by atoms with E-state index in [2.05, 4.69) is 54.7 Å². The zero-order valence-corrected chi connectivity index (χ0v) is 18.3. The minimum Gasteiger partial charge on any atom is -0.497 e. The van der Waals surface area contributed by atoms with E-state index in [-0.39, 0.29) is 17.5 Å². The number of carbonyl (C=O) groups is 1. The third-order valence-electron chi connectivity index (χ3n) is 5.79. The van der Waals surface area contributed by atoms with Crippen molar-refractivity contribution in [3.8, 4) is 5.75 Å². The number of fused-ring (bicyclic) bond motifs is 1. The van der Waals surface area contributed by atoms with Crippen LogP contribution >= 0.6 is 0 Å². The second-order valence-corrected chi connectivity index (χ2v) is 8.70. The summed E-state index contributed by atoms with van der Waals surface area (Å²) in [6.07, 6.45) is 3.46. The maximum Gasteiger partial charge on any atom is 0.255 e. The summed E-state index contributed by atoms with van der Waals surface area (Å²) in [6.45, 7) is 10.6. The van der Waals surface area contributed by atoms with Crippen molar-refractivity contribution in [3.63, 3.8) is 0 Å². The lowest BCUT2D eigenvalue weighted by Gasteiger charge is -2.48. The molecular formula is C23H29N5O2. The molecule has 158 valence electrons. The van der Waals surface area contributed by atoms with Crippen LogP contribution in [0.25, 0.3) is 11.2 Å². The quantitative estimate of drug-likeness (QED) is 0.659. The smallest absolute Gasteiger partial charge is 0.255 e. The first kappa shape index (κ1) is 20.2. The summed E-state index contributed by atoms with van der Waals surface area (Å²) in [5.41, 5.74) is 3.09. The molecule has 0 N–H and O–H groups in total. The van der Waals surface area contributed by atoms with Gasteiger partial charge < -0.3 is 19.1 Å². The Kier molecular flexibility index (Phi) is 5.13. The second kappa shape index (κ2) is 7.63. The lowest BCUT2D eigenvalue weighted by Crippen LogP contribution is -2.60. The summed E-state index contributed by atoms with van der Waals surface area (Å²) in [5.74, 6) is 0.846. The molecule has 0 aliphatic carbocycles. The first-order valence-electron chi connectivity index (χ1n) is 10.3. The highest BCUT2D eigenvalue weighted by Crippen LogP contribution is 2.30. The molecule has 1 aliphatic rings. The van der Waals surface area contributed by atoms with Crippen LogP contribution in [0.2, 0.25) is 0 Å². The number of imidazole rings is 1. The standard InChI is InChI=1S/C23H29N5O2/c1-16(2)27-15-25-20-12-17(13-24-21(20)27)22(29)26-10-11-28(23(3,4)14-26)18-6-8-19(30-5)9-7-18/h6-9,12-13,15-16H,10-11,14H2,1-5H3. The summed E-state index contributed by atoms with van der Waals surface area (Å²) < 4.78 is 7.28. The van der Waals surface area contributed by atoms with Gasteiger partial charge in [0.2, 0.25) is 0 Å². The number of methoxy groups -OCH3 is 1. The molecule has 0 radical (unpaired) electrons. The Bertz CT molecular complexity index is 1060. The van der Waals surface area contributed by atoms with Gasteiger partial charge in [-0.05, 0) is 58.0 Å². The molecule has 3 heterocycles. The number of benzene rings is 1. The van der Waals surface area contributed by atoms with E-state index in [1.165, 1.54) is 0 Å². The average molecular weight is 408 g/mol. The van der Waals surface area contributed by atoms with Gasteiger partial charge in [0.15, 0.2) is 5.65 Å². The maximum absolute atomic E-state index is 13.2. The lowest BCUT2D eigenvalue weighted by atomic mass is 9.97. The topological polar surface area (TPSA) is 63.5 Å². The van der Waals surface area contributed by atoms with E-state index >= 15 is 0 Å². The Morgan fingerprint density at radius 1 is 1.13 bits per heavy atom. The molecule has 7 nitrogen and oxygen atoms in total. The molecule has 0 saturated carbocycles. The van der Waals surface area contributed by atoms with E-state index in [1.54, 1.807) is 19.6 Å². The van der Waals surface area contributed by atoms with Gasteiger partial charge in [-0.15, -0.1) is 0 Å². The molecular weight excluding hydrogens is 378 g/mol. The largest absolute Gasteiger partial charge is 0.497 e. The van der Waals surface area contributed by atoms with Crippen LogP contribution in [0, 0.1) is 0 Å². The van der Waals surface area contributed by atoms with E-state index in [0.29, 0.717) is 18.7 Å². The number of rotatable bonds is 4. The van der Waals surface area contributed by atoms with Gasteiger partial charge in [0.05, 0.1) is 24.5 Å². The minimum atomic E-state index is -0.195. The van der Waals surface area contributed by atoms with E-state index < -0.39 is 0 Å². The van der Waals surface area contributed by atoms with Crippen LogP contribution in [-0.2, 0) is 0 Å². The van der Waals surface area contributed by atoms with Crippen molar-refractivity contribution in [3.05, 3.63) is 48.4 Å². The van der Waals surface area contributed by atoms with Gasteiger partial charge in [-0.3, -0.25) is 4.79 Å². The van der Waals surface area contributed by atoms with Gasteiger partial charge in [0.1, 0.15) is 11.3 Å². The van der Waals surface area contributed by atoms with Crippen LogP contribution in [0.3, 0.4) is 0 Å². The Morgan fingerprint density at radius 3 is 2.50 bits per heavy atom. The zero-order valence-electron chi connectivity index (χ0n) is 18.3. The van der Waals surface area contributed by atoms with Crippen molar-refractivity contribution in [2.45, 2.75) is 39.3 Å². The fourth-order valence-electron chi connectivity index (χ4n) is 4.17. The third kappa shape index (κ3) is 3.60. The normalized spacial score (nSPS) is 16.3. The molecule has 0 spiro atoms. The van der Waals surface area contributed by atoms with Crippen LogP contribution in [0.1, 0.15) is 44.1 Å². The number of pyridine rings is 1. The molecule has 4 rings (SSSR count). The van der Waals surface area contributed by atoms with Crippen molar-refractivity contribution in [1.29, 1.82) is 0 Å². The molecule has 0 atom stereocenters. The molecule has 3 aromatic rings. The van der Waals surface area contributed by atoms with Crippen LogP contribution in [-0.4, -0.2) is 57.6 Å². The zero-order chi connectivity index (χ0) is 21.5. The summed E-state index contributed by atoms with van der Waals surface area (Å²) in [6, 6.07) is 10.2. The van der Waals surface area contributed by atoms with Gasteiger partial charge >= 0.3 is 0 Å². The Balaban J connectivity index is 1.53. The first-order chi connectivity index (χ1) is 14.3. The van der Waals surface area contributed by atoms with Crippen LogP contribution in [0.4, 0.5) is 5.69 Å². The molecule has 7 heteroatoms. The number of aromatic nitrogens is 3. The number of piperazine rings is 1. The number of nitrogens with zero attached hydrogens (tertiary/aromatic N) is 5. The Morgan fingerprint density at radius 2 is 1.87 bits per heavy atom. The predicted octanol–water partition coefficient (Wildman–Crippen LogP) is 3.76. The van der Waals surface area contributed by atoms with Crippen molar-refractivity contribution in [2.24, 2.45) is 0 Å². The number of hydrogen-bond acceptors (Lipinski definition) is 5. The van der Waals surface area contributed by atoms with E-state index in [0.717, 1.165) is 29.1 Å². The lowest BCUT2D eigenvalue weighted by molar-refractivity contribution is 0.0686. The number of amides is 1. The molecule has 1 aromatic carbocycles. The molecule has 1 aliphatic heterocycles. The summed E-state index contributed by atoms with van der Waals surface area (Å²) in [7, 11) is 1.67. The predicted molar refractivity (Wildman–Crippen MR) is 118 cm³/mol. The molecule has 1 amide bonds. The number of anilines is 1. The average Bonchev–Trinajstić information content (AvgIpc) is 3.16. The van der Waals surface area contributed by atoms with E-state index in [9.17, 15) is 4.79 Å². The van der Waals surface area contributed by atoms with Crippen LogP contribution in [0.5, 0.6) is 5.75 Å². The SMILES string of the molecule is COc1ccc(N2CCN(C(=O)c3cnc4c(c3)ncn4C(C)C)CC2(C)C)cc1. The molecule has 2 aromatic heterocycles. The van der Waals surface area contributed by atoms with E-state index in [4.69, 9.17) is 4.74 Å². The van der Waals surface area contributed by atoms with Crippen molar-refractivity contribution >= 4 is 22.8 Å². The fraction of sp³-hybridized carbons (Fsp3) is 0.435. The number of hydrogen-bond donors (Lipinski definition) is 0. The van der Waals surface area contributed by atoms with Gasteiger partial charge in [0.25, 0.3) is 5.91 Å². The van der Waals surface area contributed by atoms with Crippen LogP contribution in [0.15, 0.2) is 42.9 Å². The Hall–Kier alpha value is -3.09. The highest BCUT2D eigenvalue weighted by molar-refractivity contribution is 5.96. The van der Waals surface area contributed by atoms with Gasteiger partial charge in [0, 0.05) is 37.6 Å². The summed E-state index contributed by atoms with van der Waals surface area (Å²) >= 11 is 0. The summed E-state index contributed by atoms with van der Waals surface area (Å²) in [5, 5.41) is 0. The molecule has 1 fully saturated rings. The van der Waals surface area contributed by atoms with E-state index in [1.807, 2.05) is 27.7 Å². The molecule has 30 heavy (non-hydrogen) atoms. The third-order valence-corrected chi connectivity index (χ3v) is 5.79. The van der Waals surface area contributed by atoms with Gasteiger partial charge in [-0.1, -0.05) is 0 Å². The summed E-state index contributed by atoms with van der Waals surface area (Å²) in [4.78, 5) is 26.4. The highest BCUT2D eigenvalue weighted by Gasteiger charge is 2.36. The monoisotopic (exact) mass is 407 g/mol. The molecule has 0 bridgehead atoms. The number of carbonyl (C=O) groups excluding carboxylic acids is 1. The highest BCUT2D eigenvalue weighted by atomic mass is 16.5. The number of ether oxygens (including phenoxy) is 1. The van der Waals surface area contributed by atoms with Gasteiger partial charge in [-0.2, -0.15) is 0 Å². The first-order valence-corrected chi connectivity index (χ1v) is 10.3. The molecule has 0 unspecified atom stereocenters. The van der Waals surface area contributed by atoms with Crippen molar-refractivity contribution < 1.29 is 9.53 Å². The Labute approximate surface area is 177 Å². The molecule has 1 saturated heterocycles. The second-order valence-electron chi connectivity index (χ2n) is 8.70. The van der Waals surface area contributed by atoms with Crippen LogP contribution < -0.4 is 9.64 Å². The van der Waals surface area contributed by atoms with Crippen molar-refractivity contribution in [1.82, 2.24) is 19.4 Å². The fourth-order valence-corrected chi connectivity index (χ4v) is 4.17. The minimum absolute atomic E-state index is 0.00551. The van der Waals surface area contributed by atoms with Crippen molar-refractivity contribution in [2.75, 3.05) is 31.6 Å². The maximum atomic E-state index is 13.2. The van der Waals surface area contributed by atoms with Gasteiger partial charge in [-0.25, -0.2) is 9.97 Å².